The molecule has 0 atom stereocenters. The first-order valence-electron chi connectivity index (χ1n) is 8.57. The molecule has 8 nitrogen and oxygen atoms in total. The Morgan fingerprint density at radius 2 is 2.00 bits per heavy atom. The molecule has 132 valence electrons. The van der Waals surface area contributed by atoms with Crippen molar-refractivity contribution >= 4 is 11.6 Å². The van der Waals surface area contributed by atoms with E-state index < -0.39 is 0 Å². The Morgan fingerprint density at radius 3 is 2.88 bits per heavy atom. The van der Waals surface area contributed by atoms with Gasteiger partial charge in [-0.1, -0.05) is 6.42 Å². The topological polar surface area (TPSA) is 87.4 Å². The van der Waals surface area contributed by atoms with E-state index in [0.29, 0.717) is 36.9 Å². The number of anilines is 1. The summed E-state index contributed by atoms with van der Waals surface area (Å²) < 4.78 is 13.9. The van der Waals surface area contributed by atoms with Crippen molar-refractivity contribution in [3.63, 3.8) is 0 Å². The van der Waals surface area contributed by atoms with Crippen molar-refractivity contribution in [2.45, 2.75) is 38.8 Å². The molecule has 1 amide bonds. The van der Waals surface area contributed by atoms with Crippen LogP contribution in [-0.4, -0.2) is 33.5 Å². The van der Waals surface area contributed by atoms with Crippen molar-refractivity contribution in [1.29, 1.82) is 0 Å². The summed E-state index contributed by atoms with van der Waals surface area (Å²) in [4.78, 5) is 24.7. The monoisotopic (exact) mass is 344 g/mol. The summed E-state index contributed by atoms with van der Waals surface area (Å²) in [5.74, 6) is 1.75. The molecule has 4 rings (SSSR count). The Hall–Kier alpha value is -2.77. The summed E-state index contributed by atoms with van der Waals surface area (Å²) in [6.45, 7) is 1.58. The van der Waals surface area contributed by atoms with Crippen molar-refractivity contribution < 1.29 is 14.3 Å². The lowest BCUT2D eigenvalue weighted by Gasteiger charge is -2.18. The number of ether oxygens (including phenoxy) is 2. The molecule has 0 unspecified atom stereocenters. The van der Waals surface area contributed by atoms with Gasteiger partial charge < -0.3 is 14.8 Å². The zero-order valence-electron chi connectivity index (χ0n) is 13.9. The third-order valence-electron chi connectivity index (χ3n) is 4.40. The average molecular weight is 344 g/mol. The maximum absolute atomic E-state index is 12.4. The van der Waals surface area contributed by atoms with Gasteiger partial charge in [0.2, 0.25) is 5.91 Å². The number of nitrogens with one attached hydrogen (secondary N) is 1. The van der Waals surface area contributed by atoms with E-state index in [0.717, 1.165) is 31.5 Å². The van der Waals surface area contributed by atoms with Crippen molar-refractivity contribution in [2.24, 2.45) is 0 Å². The summed E-state index contributed by atoms with van der Waals surface area (Å²) in [5, 5.41) is 7.10. The van der Waals surface area contributed by atoms with Crippen LogP contribution in [-0.2, 0) is 24.3 Å². The van der Waals surface area contributed by atoms with Crippen LogP contribution >= 0.6 is 0 Å². The van der Waals surface area contributed by atoms with E-state index in [1.54, 1.807) is 22.8 Å². The Labute approximate surface area is 144 Å². The zero-order valence-corrected chi connectivity index (χ0v) is 13.9. The molecule has 0 bridgehead atoms. The highest BCUT2D eigenvalue weighted by Gasteiger charge is 2.18. The van der Waals surface area contributed by atoms with Crippen LogP contribution in [0.3, 0.4) is 0 Å². The Bertz CT molecular complexity index is 855. The maximum Gasteiger partial charge on any atom is 0.346 e. The minimum atomic E-state index is -0.299. The Kier molecular flexibility index (Phi) is 4.17. The van der Waals surface area contributed by atoms with Gasteiger partial charge in [-0.05, 0) is 25.0 Å². The number of hydrogen-bond acceptors (Lipinski definition) is 5. The molecule has 2 aromatic rings. The number of aromatic nitrogens is 3. The van der Waals surface area contributed by atoms with Crippen LogP contribution in [0.1, 0.15) is 25.1 Å². The molecular weight excluding hydrogens is 324 g/mol. The van der Waals surface area contributed by atoms with Crippen LogP contribution in [0, 0.1) is 0 Å². The van der Waals surface area contributed by atoms with Crippen LogP contribution in [0.25, 0.3) is 0 Å². The molecule has 0 aliphatic carbocycles. The van der Waals surface area contributed by atoms with E-state index >= 15 is 0 Å². The van der Waals surface area contributed by atoms with Crippen molar-refractivity contribution in [1.82, 2.24) is 14.3 Å². The normalized spacial score (nSPS) is 16.0. The smallest absolute Gasteiger partial charge is 0.346 e. The molecule has 0 saturated heterocycles. The van der Waals surface area contributed by atoms with E-state index in [1.807, 2.05) is 0 Å². The molecule has 0 spiro atoms. The number of carbonyl (C=O) groups excluding carboxylic acids is 1. The molecule has 0 radical (unpaired) electrons. The second-order valence-electron chi connectivity index (χ2n) is 6.23. The first-order valence-corrected chi connectivity index (χ1v) is 8.57. The Morgan fingerprint density at radius 1 is 1.16 bits per heavy atom. The molecule has 0 fully saturated rings. The zero-order chi connectivity index (χ0) is 17.2. The van der Waals surface area contributed by atoms with E-state index in [-0.39, 0.29) is 18.1 Å². The second kappa shape index (κ2) is 6.62. The highest BCUT2D eigenvalue weighted by atomic mass is 16.6. The Balaban J connectivity index is 1.47. The first-order chi connectivity index (χ1) is 12.2. The SMILES string of the molecule is O=C(Cn1nc2n(c1=O)CCCCC2)Nc1ccc2c(c1)OCCO2. The number of benzene rings is 1. The first kappa shape index (κ1) is 15.7. The molecule has 1 aromatic heterocycles. The van der Waals surface area contributed by atoms with Crippen molar-refractivity contribution in [3.8, 4) is 11.5 Å². The summed E-state index contributed by atoms with van der Waals surface area (Å²) in [6.07, 6.45) is 3.89. The predicted octanol–water partition coefficient (Wildman–Crippen LogP) is 1.18. The molecule has 2 aliphatic heterocycles. The van der Waals surface area contributed by atoms with Gasteiger partial charge >= 0.3 is 5.69 Å². The van der Waals surface area contributed by atoms with Crippen LogP contribution in [0.15, 0.2) is 23.0 Å². The average Bonchev–Trinajstić information content (AvgIpc) is 2.78. The molecule has 2 aliphatic rings. The number of amides is 1. The fraction of sp³-hybridized carbons (Fsp3) is 0.471. The lowest BCUT2D eigenvalue weighted by Crippen LogP contribution is -2.30. The second-order valence-corrected chi connectivity index (χ2v) is 6.23. The van der Waals surface area contributed by atoms with Crippen molar-refractivity contribution in [3.05, 3.63) is 34.5 Å². The minimum absolute atomic E-state index is 0.104. The van der Waals surface area contributed by atoms with Gasteiger partial charge in [-0.25, -0.2) is 9.48 Å². The van der Waals surface area contributed by atoms with Crippen LogP contribution < -0.4 is 20.5 Å². The third kappa shape index (κ3) is 3.24. The summed E-state index contributed by atoms with van der Waals surface area (Å²) >= 11 is 0. The maximum atomic E-state index is 12.4. The largest absolute Gasteiger partial charge is 0.486 e. The number of fused-ring (bicyclic) bond motifs is 2. The summed E-state index contributed by atoms with van der Waals surface area (Å²) in [7, 11) is 0. The van der Waals surface area contributed by atoms with Gasteiger partial charge in [-0.3, -0.25) is 9.36 Å². The van der Waals surface area contributed by atoms with Gasteiger partial charge in [0.15, 0.2) is 11.5 Å². The fourth-order valence-corrected chi connectivity index (χ4v) is 3.19. The standard InChI is InChI=1S/C17H20N4O4/c22-16(18-12-5-6-13-14(10-12)25-9-8-24-13)11-21-17(23)20-7-3-1-2-4-15(20)19-21/h5-6,10H,1-4,7-9,11H2,(H,18,22). The van der Waals surface area contributed by atoms with Gasteiger partial charge in [-0.2, -0.15) is 5.10 Å². The van der Waals surface area contributed by atoms with E-state index in [9.17, 15) is 9.59 Å². The summed E-state index contributed by atoms with van der Waals surface area (Å²) in [6, 6.07) is 5.23. The molecule has 8 heteroatoms. The molecule has 0 saturated carbocycles. The molecule has 25 heavy (non-hydrogen) atoms. The minimum Gasteiger partial charge on any atom is -0.486 e. The van der Waals surface area contributed by atoms with E-state index in [1.165, 1.54) is 4.68 Å². The fourth-order valence-electron chi connectivity index (χ4n) is 3.19. The van der Waals surface area contributed by atoms with Crippen LogP contribution in [0.5, 0.6) is 11.5 Å². The van der Waals surface area contributed by atoms with Gasteiger partial charge in [0.25, 0.3) is 0 Å². The molecule has 1 N–H and O–H groups in total. The molecule has 3 heterocycles. The lowest BCUT2D eigenvalue weighted by molar-refractivity contribution is -0.117. The highest BCUT2D eigenvalue weighted by molar-refractivity contribution is 5.90. The van der Waals surface area contributed by atoms with Gasteiger partial charge in [-0.15, -0.1) is 0 Å². The number of carbonyl (C=O) groups is 1. The lowest BCUT2D eigenvalue weighted by atomic mass is 10.2. The van der Waals surface area contributed by atoms with Crippen LogP contribution in [0.4, 0.5) is 5.69 Å². The number of nitrogens with zero attached hydrogens (tertiary/aromatic N) is 3. The number of rotatable bonds is 3. The quantitative estimate of drug-likeness (QED) is 0.903. The van der Waals surface area contributed by atoms with Gasteiger partial charge in [0.1, 0.15) is 25.6 Å². The molecular formula is C17H20N4O4. The highest BCUT2D eigenvalue weighted by Crippen LogP contribution is 2.32. The predicted molar refractivity (Wildman–Crippen MR) is 90.1 cm³/mol. The molecule has 1 aromatic carbocycles. The number of hydrogen-bond donors (Lipinski definition) is 1. The van der Waals surface area contributed by atoms with E-state index in [4.69, 9.17) is 9.47 Å². The third-order valence-corrected chi connectivity index (χ3v) is 4.40. The van der Waals surface area contributed by atoms with Gasteiger partial charge in [0, 0.05) is 24.7 Å². The van der Waals surface area contributed by atoms with Crippen molar-refractivity contribution in [2.75, 3.05) is 18.5 Å². The van der Waals surface area contributed by atoms with Crippen LogP contribution in [0.2, 0.25) is 0 Å². The van der Waals surface area contributed by atoms with Gasteiger partial charge in [0.05, 0.1) is 0 Å². The van der Waals surface area contributed by atoms with E-state index in [2.05, 4.69) is 10.4 Å². The summed E-state index contributed by atoms with van der Waals surface area (Å²) in [5.41, 5.74) is 0.386. The number of aryl methyl sites for hydroxylation is 1.